The van der Waals surface area contributed by atoms with E-state index in [2.05, 4.69) is 0 Å². The van der Waals surface area contributed by atoms with Gasteiger partial charge in [-0.05, 0) is 19.1 Å². The molecule has 1 amide bonds. The van der Waals surface area contributed by atoms with Crippen molar-refractivity contribution in [3.63, 3.8) is 0 Å². The zero-order valence-corrected chi connectivity index (χ0v) is 9.14. The van der Waals surface area contributed by atoms with Crippen molar-refractivity contribution in [3.05, 3.63) is 18.2 Å². The largest absolute Gasteiger partial charge is 0.487 e. The van der Waals surface area contributed by atoms with Gasteiger partial charge in [0.05, 0.1) is 18.8 Å². The second-order valence-corrected chi connectivity index (χ2v) is 3.97. The molecule has 4 N–H and O–H groups in total. The lowest BCUT2D eigenvalue weighted by molar-refractivity contribution is -0.116. The Morgan fingerprint density at radius 2 is 2.38 bits per heavy atom. The van der Waals surface area contributed by atoms with Crippen molar-refractivity contribution in [1.29, 1.82) is 0 Å². The molecular weight excluding hydrogens is 206 g/mol. The fourth-order valence-electron chi connectivity index (χ4n) is 1.96. The van der Waals surface area contributed by atoms with Gasteiger partial charge in [0.25, 0.3) is 0 Å². The number of nitrogens with two attached hydrogens (primary N) is 2. The minimum Gasteiger partial charge on any atom is -0.487 e. The maximum atomic E-state index is 11.0. The molecule has 1 aliphatic heterocycles. The van der Waals surface area contributed by atoms with Gasteiger partial charge in [-0.2, -0.15) is 0 Å². The number of primary amides is 1. The number of rotatable bonds is 2. The Morgan fingerprint density at radius 3 is 3.06 bits per heavy atom. The van der Waals surface area contributed by atoms with Gasteiger partial charge in [-0.1, -0.05) is 6.07 Å². The van der Waals surface area contributed by atoms with E-state index in [0.717, 1.165) is 5.69 Å². The lowest BCUT2D eigenvalue weighted by Gasteiger charge is -2.34. The Hall–Kier alpha value is -1.91. The SMILES string of the molecule is CC1CN(CC(N)=O)c2c(N)cccc2O1. The molecular formula is C11H15N3O2. The summed E-state index contributed by atoms with van der Waals surface area (Å²) in [5.41, 5.74) is 12.5. The first-order valence-electron chi connectivity index (χ1n) is 5.16. The highest BCUT2D eigenvalue weighted by atomic mass is 16.5. The average molecular weight is 221 g/mol. The second kappa shape index (κ2) is 3.92. The predicted molar refractivity (Wildman–Crippen MR) is 62.4 cm³/mol. The Kier molecular flexibility index (Phi) is 2.60. The summed E-state index contributed by atoms with van der Waals surface area (Å²) >= 11 is 0. The van der Waals surface area contributed by atoms with Gasteiger partial charge >= 0.3 is 0 Å². The first kappa shape index (κ1) is 10.6. The van der Waals surface area contributed by atoms with E-state index in [9.17, 15) is 4.79 Å². The number of fused-ring (bicyclic) bond motifs is 1. The van der Waals surface area contributed by atoms with E-state index in [1.807, 2.05) is 24.0 Å². The van der Waals surface area contributed by atoms with Gasteiger partial charge in [0.1, 0.15) is 17.5 Å². The smallest absolute Gasteiger partial charge is 0.236 e. The summed E-state index contributed by atoms with van der Waals surface area (Å²) in [6, 6.07) is 5.45. The van der Waals surface area contributed by atoms with Crippen LogP contribution in [-0.2, 0) is 4.79 Å². The van der Waals surface area contributed by atoms with Gasteiger partial charge in [-0.3, -0.25) is 4.79 Å². The van der Waals surface area contributed by atoms with E-state index in [4.69, 9.17) is 16.2 Å². The highest BCUT2D eigenvalue weighted by Gasteiger charge is 2.25. The van der Waals surface area contributed by atoms with E-state index in [1.54, 1.807) is 6.07 Å². The van der Waals surface area contributed by atoms with Crippen molar-refractivity contribution in [2.24, 2.45) is 5.73 Å². The van der Waals surface area contributed by atoms with Crippen molar-refractivity contribution < 1.29 is 9.53 Å². The minimum absolute atomic E-state index is 0.0219. The number of hydrogen-bond donors (Lipinski definition) is 2. The van der Waals surface area contributed by atoms with Crippen LogP contribution in [0.5, 0.6) is 5.75 Å². The van der Waals surface area contributed by atoms with E-state index in [1.165, 1.54) is 0 Å². The fourth-order valence-corrected chi connectivity index (χ4v) is 1.96. The number of benzene rings is 1. The standard InChI is InChI=1S/C11H15N3O2/c1-7-5-14(6-10(13)15)11-8(12)3-2-4-9(11)16-7/h2-4,7H,5-6,12H2,1H3,(H2,13,15). The molecule has 0 radical (unpaired) electrons. The summed E-state index contributed by atoms with van der Waals surface area (Å²) in [7, 11) is 0. The molecule has 0 aromatic heterocycles. The molecule has 1 heterocycles. The Balaban J connectivity index is 2.39. The molecule has 2 rings (SSSR count). The molecule has 16 heavy (non-hydrogen) atoms. The topological polar surface area (TPSA) is 81.6 Å². The third-order valence-electron chi connectivity index (χ3n) is 2.50. The van der Waals surface area contributed by atoms with E-state index in [0.29, 0.717) is 18.0 Å². The number of anilines is 2. The number of amides is 1. The lowest BCUT2D eigenvalue weighted by atomic mass is 10.1. The molecule has 0 saturated heterocycles. The monoisotopic (exact) mass is 221 g/mol. The van der Waals surface area contributed by atoms with Crippen molar-refractivity contribution >= 4 is 17.3 Å². The van der Waals surface area contributed by atoms with Gasteiger partial charge in [-0.15, -0.1) is 0 Å². The molecule has 5 heteroatoms. The first-order chi connectivity index (χ1) is 7.58. The van der Waals surface area contributed by atoms with Crippen LogP contribution in [0.4, 0.5) is 11.4 Å². The van der Waals surface area contributed by atoms with Gasteiger partial charge in [-0.25, -0.2) is 0 Å². The van der Waals surface area contributed by atoms with Crippen LogP contribution in [0.3, 0.4) is 0 Å². The maximum absolute atomic E-state index is 11.0. The van der Waals surface area contributed by atoms with E-state index in [-0.39, 0.29) is 18.6 Å². The Labute approximate surface area is 94.0 Å². The van der Waals surface area contributed by atoms with Crippen molar-refractivity contribution in [2.75, 3.05) is 23.7 Å². The molecule has 86 valence electrons. The van der Waals surface area contributed by atoms with Crippen LogP contribution >= 0.6 is 0 Å². The first-order valence-corrected chi connectivity index (χ1v) is 5.16. The Bertz CT molecular complexity index is 420. The van der Waals surface area contributed by atoms with Crippen LogP contribution in [0.1, 0.15) is 6.92 Å². The summed E-state index contributed by atoms with van der Waals surface area (Å²) in [5.74, 6) is 0.336. The van der Waals surface area contributed by atoms with Crippen molar-refractivity contribution in [1.82, 2.24) is 0 Å². The van der Waals surface area contributed by atoms with Gasteiger partial charge < -0.3 is 21.1 Å². The lowest BCUT2D eigenvalue weighted by Crippen LogP contribution is -2.43. The van der Waals surface area contributed by atoms with Crippen molar-refractivity contribution in [2.45, 2.75) is 13.0 Å². The van der Waals surface area contributed by atoms with Crippen LogP contribution in [0, 0.1) is 0 Å². The van der Waals surface area contributed by atoms with Crippen LogP contribution in [-0.4, -0.2) is 25.1 Å². The Morgan fingerprint density at radius 1 is 1.62 bits per heavy atom. The van der Waals surface area contributed by atoms with E-state index >= 15 is 0 Å². The average Bonchev–Trinajstić information content (AvgIpc) is 2.15. The van der Waals surface area contributed by atoms with Crippen LogP contribution in [0.25, 0.3) is 0 Å². The maximum Gasteiger partial charge on any atom is 0.236 e. The highest BCUT2D eigenvalue weighted by Crippen LogP contribution is 2.37. The third kappa shape index (κ3) is 1.88. The number of carbonyl (C=O) groups is 1. The summed E-state index contributed by atoms with van der Waals surface area (Å²) < 4.78 is 5.65. The molecule has 1 unspecified atom stereocenters. The molecule has 5 nitrogen and oxygen atoms in total. The molecule has 1 atom stereocenters. The number of nitrogens with zero attached hydrogens (tertiary/aromatic N) is 1. The summed E-state index contributed by atoms with van der Waals surface area (Å²) in [5, 5.41) is 0. The van der Waals surface area contributed by atoms with Gasteiger partial charge in [0.15, 0.2) is 0 Å². The number of hydrogen-bond acceptors (Lipinski definition) is 4. The number of nitrogen functional groups attached to an aromatic ring is 1. The third-order valence-corrected chi connectivity index (χ3v) is 2.50. The molecule has 1 aromatic carbocycles. The molecule has 1 aromatic rings. The van der Waals surface area contributed by atoms with Crippen LogP contribution in [0.15, 0.2) is 18.2 Å². The fraction of sp³-hybridized carbons (Fsp3) is 0.364. The quantitative estimate of drug-likeness (QED) is 0.706. The molecule has 0 aliphatic carbocycles. The molecule has 1 aliphatic rings. The molecule has 0 bridgehead atoms. The molecule has 0 saturated carbocycles. The van der Waals surface area contributed by atoms with Crippen LogP contribution in [0.2, 0.25) is 0 Å². The zero-order valence-electron chi connectivity index (χ0n) is 9.14. The minimum atomic E-state index is -0.372. The normalized spacial score (nSPS) is 18.8. The summed E-state index contributed by atoms with van der Waals surface area (Å²) in [4.78, 5) is 12.9. The summed E-state index contributed by atoms with van der Waals surface area (Å²) in [6.45, 7) is 2.72. The highest BCUT2D eigenvalue weighted by molar-refractivity contribution is 5.84. The van der Waals surface area contributed by atoms with Gasteiger partial charge in [0.2, 0.25) is 5.91 Å². The summed E-state index contributed by atoms with van der Waals surface area (Å²) in [6.07, 6.45) is 0.0219. The number of para-hydroxylation sites is 1. The number of ether oxygens (including phenoxy) is 1. The number of carbonyl (C=O) groups excluding carboxylic acids is 1. The van der Waals surface area contributed by atoms with Crippen molar-refractivity contribution in [3.8, 4) is 5.75 Å². The molecule has 0 fully saturated rings. The predicted octanol–water partition coefficient (Wildman–Crippen LogP) is 0.341. The van der Waals surface area contributed by atoms with Gasteiger partial charge in [0, 0.05) is 0 Å². The zero-order chi connectivity index (χ0) is 11.7. The molecule has 0 spiro atoms. The second-order valence-electron chi connectivity index (χ2n) is 3.97. The van der Waals surface area contributed by atoms with E-state index < -0.39 is 0 Å². The van der Waals surface area contributed by atoms with Crippen LogP contribution < -0.4 is 21.1 Å².